The Kier molecular flexibility index (Phi) is 4.10. The van der Waals surface area contributed by atoms with E-state index in [0.29, 0.717) is 5.89 Å². The highest BCUT2D eigenvalue weighted by Gasteiger charge is 2.03. The second-order valence-corrected chi connectivity index (χ2v) is 3.26. The molecule has 0 radical (unpaired) electrons. The summed E-state index contributed by atoms with van der Waals surface area (Å²) in [4.78, 5) is 4.20. The van der Waals surface area contributed by atoms with E-state index in [1.165, 1.54) is 0 Å². The van der Waals surface area contributed by atoms with Crippen LogP contribution in [0.3, 0.4) is 0 Å². The summed E-state index contributed by atoms with van der Waals surface area (Å²) in [6.45, 7) is 0.876. The Morgan fingerprint density at radius 2 is 2.42 bits per heavy atom. The van der Waals surface area contributed by atoms with Gasteiger partial charge in [-0.2, -0.15) is 16.7 Å². The first-order valence-electron chi connectivity index (χ1n) is 3.82. The first-order chi connectivity index (χ1) is 5.86. The molecule has 0 aliphatic heterocycles. The normalized spacial score (nSPS) is 10.5. The van der Waals surface area contributed by atoms with Crippen molar-refractivity contribution in [2.75, 3.05) is 19.8 Å². The molecule has 0 unspecified atom stereocenters. The van der Waals surface area contributed by atoms with Crippen LogP contribution in [0.2, 0.25) is 0 Å². The third-order valence-corrected chi connectivity index (χ3v) is 1.92. The van der Waals surface area contributed by atoms with Crippen molar-refractivity contribution in [3.63, 3.8) is 0 Å². The molecule has 0 atom stereocenters. The van der Waals surface area contributed by atoms with E-state index in [9.17, 15) is 0 Å². The number of likely N-dealkylation sites (N-methyl/N-ethyl adjacent to an activating group) is 1. The summed E-state index contributed by atoms with van der Waals surface area (Å²) in [6.07, 6.45) is 2.82. The van der Waals surface area contributed by atoms with E-state index in [0.717, 1.165) is 24.5 Å². The highest BCUT2D eigenvalue weighted by atomic mass is 32.2. The van der Waals surface area contributed by atoms with Crippen LogP contribution in [-0.2, 0) is 12.2 Å². The second-order valence-electron chi connectivity index (χ2n) is 2.39. The lowest BCUT2D eigenvalue weighted by molar-refractivity contribution is 0.373. The van der Waals surface area contributed by atoms with Gasteiger partial charge in [-0.1, -0.05) is 5.16 Å². The number of hydrogen-bond donors (Lipinski definition) is 1. The van der Waals surface area contributed by atoms with Crippen molar-refractivity contribution in [2.45, 2.75) is 12.2 Å². The Morgan fingerprint density at radius 3 is 3.08 bits per heavy atom. The van der Waals surface area contributed by atoms with Crippen LogP contribution in [0.15, 0.2) is 4.52 Å². The standard InChI is InChI=1S/C7H13N3OS/c1-8-4-3-7-9-6(5-12-2)10-11-7/h8H,3-5H2,1-2H3. The smallest absolute Gasteiger partial charge is 0.227 e. The maximum Gasteiger partial charge on any atom is 0.227 e. The van der Waals surface area contributed by atoms with Crippen LogP contribution in [0.5, 0.6) is 0 Å². The highest BCUT2D eigenvalue weighted by molar-refractivity contribution is 7.97. The summed E-state index contributed by atoms with van der Waals surface area (Å²) in [5, 5.41) is 6.85. The Morgan fingerprint density at radius 1 is 1.58 bits per heavy atom. The van der Waals surface area contributed by atoms with Crippen LogP contribution in [0.4, 0.5) is 0 Å². The molecule has 1 rings (SSSR count). The molecule has 12 heavy (non-hydrogen) atoms. The lowest BCUT2D eigenvalue weighted by Crippen LogP contribution is -2.10. The van der Waals surface area contributed by atoms with Gasteiger partial charge in [0.1, 0.15) is 0 Å². The van der Waals surface area contributed by atoms with Gasteiger partial charge in [-0.3, -0.25) is 0 Å². The van der Waals surface area contributed by atoms with Crippen LogP contribution in [-0.4, -0.2) is 30.0 Å². The summed E-state index contributed by atoms with van der Waals surface area (Å²) >= 11 is 1.69. The lowest BCUT2D eigenvalue weighted by Gasteiger charge is -1.90. The van der Waals surface area contributed by atoms with Crippen molar-refractivity contribution in [3.05, 3.63) is 11.7 Å². The molecule has 0 spiro atoms. The zero-order valence-electron chi connectivity index (χ0n) is 7.33. The van der Waals surface area contributed by atoms with Crippen LogP contribution < -0.4 is 5.32 Å². The van der Waals surface area contributed by atoms with Crippen molar-refractivity contribution in [2.24, 2.45) is 0 Å². The Hall–Kier alpha value is -0.550. The van der Waals surface area contributed by atoms with E-state index in [2.05, 4.69) is 15.5 Å². The van der Waals surface area contributed by atoms with Crippen molar-refractivity contribution in [3.8, 4) is 0 Å². The minimum atomic E-state index is 0.716. The summed E-state index contributed by atoms with van der Waals surface area (Å²) in [6, 6.07) is 0. The molecule has 0 saturated carbocycles. The summed E-state index contributed by atoms with van der Waals surface area (Å²) < 4.78 is 5.00. The van der Waals surface area contributed by atoms with Crippen LogP contribution in [0.1, 0.15) is 11.7 Å². The van der Waals surface area contributed by atoms with Gasteiger partial charge in [-0.05, 0) is 13.3 Å². The zero-order valence-corrected chi connectivity index (χ0v) is 8.15. The number of rotatable bonds is 5. The minimum Gasteiger partial charge on any atom is -0.339 e. The Bertz CT molecular complexity index is 226. The van der Waals surface area contributed by atoms with E-state index < -0.39 is 0 Å². The van der Waals surface area contributed by atoms with Gasteiger partial charge in [0.15, 0.2) is 5.82 Å². The number of nitrogens with one attached hydrogen (secondary N) is 1. The monoisotopic (exact) mass is 187 g/mol. The number of nitrogens with zero attached hydrogens (tertiary/aromatic N) is 2. The van der Waals surface area contributed by atoms with Crippen LogP contribution in [0.25, 0.3) is 0 Å². The van der Waals surface area contributed by atoms with Gasteiger partial charge >= 0.3 is 0 Å². The summed E-state index contributed by atoms with van der Waals surface area (Å²) in [5.74, 6) is 2.32. The molecular formula is C7H13N3OS. The van der Waals surface area contributed by atoms with Gasteiger partial charge in [-0.15, -0.1) is 0 Å². The molecular weight excluding hydrogens is 174 g/mol. The predicted octanol–water partition coefficient (Wildman–Crippen LogP) is 0.694. The summed E-state index contributed by atoms with van der Waals surface area (Å²) in [7, 11) is 1.90. The molecule has 68 valence electrons. The van der Waals surface area contributed by atoms with Gasteiger partial charge in [0.2, 0.25) is 5.89 Å². The fourth-order valence-electron chi connectivity index (χ4n) is 0.811. The van der Waals surface area contributed by atoms with E-state index in [4.69, 9.17) is 4.52 Å². The molecule has 0 aromatic carbocycles. The van der Waals surface area contributed by atoms with E-state index >= 15 is 0 Å². The molecule has 4 nitrogen and oxygen atoms in total. The molecule has 5 heteroatoms. The van der Waals surface area contributed by atoms with Crippen molar-refractivity contribution in [1.82, 2.24) is 15.5 Å². The van der Waals surface area contributed by atoms with E-state index in [1.807, 2.05) is 13.3 Å². The van der Waals surface area contributed by atoms with E-state index in [-0.39, 0.29) is 0 Å². The Labute approximate surface area is 76.1 Å². The molecule has 0 fully saturated rings. The SMILES string of the molecule is CNCCc1nc(CSC)no1. The summed E-state index contributed by atoms with van der Waals surface area (Å²) in [5.41, 5.74) is 0. The molecule has 0 aliphatic carbocycles. The molecule has 0 saturated heterocycles. The number of hydrogen-bond acceptors (Lipinski definition) is 5. The molecule has 0 amide bonds. The number of aromatic nitrogens is 2. The van der Waals surface area contributed by atoms with Gasteiger partial charge in [0, 0.05) is 13.0 Å². The maximum atomic E-state index is 5.00. The van der Waals surface area contributed by atoms with Gasteiger partial charge in [0.05, 0.1) is 5.75 Å². The van der Waals surface area contributed by atoms with Crippen molar-refractivity contribution < 1.29 is 4.52 Å². The maximum absolute atomic E-state index is 5.00. The fraction of sp³-hybridized carbons (Fsp3) is 0.714. The highest BCUT2D eigenvalue weighted by Crippen LogP contribution is 2.05. The molecule has 1 aromatic heterocycles. The minimum absolute atomic E-state index is 0.716. The zero-order chi connectivity index (χ0) is 8.81. The molecule has 1 N–H and O–H groups in total. The quantitative estimate of drug-likeness (QED) is 0.735. The average molecular weight is 187 g/mol. The molecule has 1 heterocycles. The topological polar surface area (TPSA) is 51.0 Å². The van der Waals surface area contributed by atoms with Gasteiger partial charge in [0.25, 0.3) is 0 Å². The fourth-order valence-corrected chi connectivity index (χ4v) is 1.19. The number of thioether (sulfide) groups is 1. The van der Waals surface area contributed by atoms with Crippen LogP contribution in [0, 0.1) is 0 Å². The first-order valence-corrected chi connectivity index (χ1v) is 5.21. The van der Waals surface area contributed by atoms with E-state index in [1.54, 1.807) is 11.8 Å². The van der Waals surface area contributed by atoms with Gasteiger partial charge < -0.3 is 9.84 Å². The second kappa shape index (κ2) is 5.16. The van der Waals surface area contributed by atoms with Crippen LogP contribution >= 0.6 is 11.8 Å². The van der Waals surface area contributed by atoms with Gasteiger partial charge in [-0.25, -0.2) is 0 Å². The first kappa shape index (κ1) is 9.54. The predicted molar refractivity (Wildman–Crippen MR) is 49.1 cm³/mol. The molecule has 1 aromatic rings. The average Bonchev–Trinajstić information content (AvgIpc) is 2.50. The third-order valence-electron chi connectivity index (χ3n) is 1.37. The largest absolute Gasteiger partial charge is 0.339 e. The third kappa shape index (κ3) is 2.83. The Balaban J connectivity index is 2.41. The molecule has 0 bridgehead atoms. The van der Waals surface area contributed by atoms with Crippen molar-refractivity contribution in [1.29, 1.82) is 0 Å². The lowest BCUT2D eigenvalue weighted by atomic mass is 10.4. The van der Waals surface area contributed by atoms with Crippen molar-refractivity contribution >= 4 is 11.8 Å². The molecule has 0 aliphatic rings.